The van der Waals surface area contributed by atoms with Crippen LogP contribution < -0.4 is 0 Å². The molecule has 0 aromatic carbocycles. The number of hydrogen-bond donors (Lipinski definition) is 0. The fourth-order valence-electron chi connectivity index (χ4n) is 1.57. The zero-order chi connectivity index (χ0) is 11.7. The number of halogens is 1. The summed E-state index contributed by atoms with van der Waals surface area (Å²) in [5.41, 5.74) is 0.456. The van der Waals surface area contributed by atoms with Gasteiger partial charge >= 0.3 is 0 Å². The van der Waals surface area contributed by atoms with Crippen molar-refractivity contribution in [3.05, 3.63) is 0 Å². The van der Waals surface area contributed by atoms with E-state index in [1.165, 1.54) is 25.7 Å². The van der Waals surface area contributed by atoms with Gasteiger partial charge in [0, 0.05) is 18.5 Å². The van der Waals surface area contributed by atoms with E-state index in [1.54, 1.807) is 0 Å². The topological polar surface area (TPSA) is 9.23 Å². The van der Waals surface area contributed by atoms with E-state index in [1.807, 2.05) is 0 Å². The Kier molecular flexibility index (Phi) is 8.83. The molecule has 0 heterocycles. The zero-order valence-electron chi connectivity index (χ0n) is 10.8. The first kappa shape index (κ1) is 15.4. The SMILES string of the molecule is CCC(CC)(CBr)CCOCCC(C)C. The number of ether oxygens (including phenoxy) is 1. The van der Waals surface area contributed by atoms with Crippen LogP contribution in [-0.4, -0.2) is 18.5 Å². The molecule has 0 radical (unpaired) electrons. The maximum Gasteiger partial charge on any atom is 0.0471 e. The number of rotatable bonds is 9. The predicted octanol–water partition coefficient (Wildman–Crippen LogP) is 4.64. The monoisotopic (exact) mass is 278 g/mol. The van der Waals surface area contributed by atoms with Crippen LogP contribution in [0.4, 0.5) is 0 Å². The Labute approximate surface area is 104 Å². The standard InChI is InChI=1S/C13H27BrO/c1-5-13(6-2,11-14)8-10-15-9-7-12(3)4/h12H,5-11H2,1-4H3. The highest BCUT2D eigenvalue weighted by Gasteiger charge is 2.24. The fraction of sp³-hybridized carbons (Fsp3) is 1.00. The smallest absolute Gasteiger partial charge is 0.0471 e. The second-order valence-corrected chi connectivity index (χ2v) is 5.45. The van der Waals surface area contributed by atoms with Crippen LogP contribution in [0.1, 0.15) is 53.4 Å². The van der Waals surface area contributed by atoms with E-state index in [0.717, 1.165) is 24.5 Å². The van der Waals surface area contributed by atoms with Gasteiger partial charge in [0.15, 0.2) is 0 Å². The van der Waals surface area contributed by atoms with Crippen molar-refractivity contribution in [2.75, 3.05) is 18.5 Å². The second-order valence-electron chi connectivity index (χ2n) is 4.89. The lowest BCUT2D eigenvalue weighted by Gasteiger charge is -2.29. The molecule has 0 fully saturated rings. The summed E-state index contributed by atoms with van der Waals surface area (Å²) in [4.78, 5) is 0. The molecule has 0 aliphatic rings. The summed E-state index contributed by atoms with van der Waals surface area (Å²) in [6.45, 7) is 10.9. The lowest BCUT2D eigenvalue weighted by atomic mass is 9.82. The van der Waals surface area contributed by atoms with Gasteiger partial charge in [-0.25, -0.2) is 0 Å². The lowest BCUT2D eigenvalue weighted by Crippen LogP contribution is -2.23. The Morgan fingerprint density at radius 1 is 1.13 bits per heavy atom. The van der Waals surface area contributed by atoms with Gasteiger partial charge < -0.3 is 4.74 Å². The summed E-state index contributed by atoms with van der Waals surface area (Å²) in [7, 11) is 0. The van der Waals surface area contributed by atoms with Crippen LogP contribution in [0.25, 0.3) is 0 Å². The Hall–Kier alpha value is 0.440. The van der Waals surface area contributed by atoms with Gasteiger partial charge in [0.25, 0.3) is 0 Å². The molecule has 0 atom stereocenters. The molecule has 0 rings (SSSR count). The van der Waals surface area contributed by atoms with Crippen molar-refractivity contribution in [1.29, 1.82) is 0 Å². The largest absolute Gasteiger partial charge is 0.381 e. The van der Waals surface area contributed by atoms with Crippen molar-refractivity contribution in [1.82, 2.24) is 0 Å². The van der Waals surface area contributed by atoms with Crippen molar-refractivity contribution >= 4 is 15.9 Å². The third-order valence-electron chi connectivity index (χ3n) is 3.40. The summed E-state index contributed by atoms with van der Waals surface area (Å²) in [6, 6.07) is 0. The van der Waals surface area contributed by atoms with E-state index in [-0.39, 0.29) is 0 Å². The van der Waals surface area contributed by atoms with Gasteiger partial charge in [0.1, 0.15) is 0 Å². The minimum atomic E-state index is 0.456. The van der Waals surface area contributed by atoms with E-state index in [4.69, 9.17) is 4.74 Å². The summed E-state index contributed by atoms with van der Waals surface area (Å²) in [6.07, 6.45) is 4.84. The molecule has 0 unspecified atom stereocenters. The van der Waals surface area contributed by atoms with E-state index in [9.17, 15) is 0 Å². The van der Waals surface area contributed by atoms with Gasteiger partial charge in [-0.2, -0.15) is 0 Å². The lowest BCUT2D eigenvalue weighted by molar-refractivity contribution is 0.0902. The normalized spacial score (nSPS) is 12.4. The van der Waals surface area contributed by atoms with Gasteiger partial charge in [-0.15, -0.1) is 0 Å². The van der Waals surface area contributed by atoms with Gasteiger partial charge in [-0.3, -0.25) is 0 Å². The Morgan fingerprint density at radius 3 is 2.13 bits per heavy atom. The predicted molar refractivity (Wildman–Crippen MR) is 71.7 cm³/mol. The van der Waals surface area contributed by atoms with E-state index < -0.39 is 0 Å². The second kappa shape index (κ2) is 8.58. The highest BCUT2D eigenvalue weighted by Crippen LogP contribution is 2.32. The number of hydrogen-bond acceptors (Lipinski definition) is 1. The summed E-state index contributed by atoms with van der Waals surface area (Å²) in [5, 5.41) is 1.10. The Morgan fingerprint density at radius 2 is 1.73 bits per heavy atom. The molecule has 0 aromatic rings. The van der Waals surface area contributed by atoms with Crippen LogP contribution in [-0.2, 0) is 4.74 Å². The minimum Gasteiger partial charge on any atom is -0.381 e. The van der Waals surface area contributed by atoms with Crippen LogP contribution >= 0.6 is 15.9 Å². The third-order valence-corrected chi connectivity index (χ3v) is 4.59. The summed E-state index contributed by atoms with van der Waals surface area (Å²) >= 11 is 3.63. The molecule has 1 nitrogen and oxygen atoms in total. The zero-order valence-corrected chi connectivity index (χ0v) is 12.4. The minimum absolute atomic E-state index is 0.456. The first-order chi connectivity index (χ1) is 7.10. The summed E-state index contributed by atoms with van der Waals surface area (Å²) < 4.78 is 5.68. The molecule has 0 aromatic heterocycles. The molecule has 0 saturated carbocycles. The molecule has 0 saturated heterocycles. The fourth-order valence-corrected chi connectivity index (χ4v) is 2.64. The van der Waals surface area contributed by atoms with E-state index in [2.05, 4.69) is 43.6 Å². The van der Waals surface area contributed by atoms with Crippen molar-refractivity contribution in [2.45, 2.75) is 53.4 Å². The van der Waals surface area contributed by atoms with Crippen LogP contribution in [0.2, 0.25) is 0 Å². The molecule has 0 bridgehead atoms. The molecule has 0 aliphatic carbocycles. The molecule has 0 N–H and O–H groups in total. The number of alkyl halides is 1. The molecule has 2 heteroatoms. The van der Waals surface area contributed by atoms with Gasteiger partial charge in [0.2, 0.25) is 0 Å². The first-order valence-corrected chi connectivity index (χ1v) is 7.36. The first-order valence-electron chi connectivity index (χ1n) is 6.24. The molecular weight excluding hydrogens is 252 g/mol. The molecular formula is C13H27BrO. The van der Waals surface area contributed by atoms with Crippen molar-refractivity contribution in [3.63, 3.8) is 0 Å². The van der Waals surface area contributed by atoms with Crippen molar-refractivity contribution in [2.24, 2.45) is 11.3 Å². The molecule has 15 heavy (non-hydrogen) atoms. The third kappa shape index (κ3) is 6.57. The Bertz CT molecular complexity index is 133. The molecule has 0 spiro atoms. The quantitative estimate of drug-likeness (QED) is 0.441. The molecule has 0 aliphatic heterocycles. The van der Waals surface area contributed by atoms with Gasteiger partial charge in [-0.05, 0) is 37.0 Å². The van der Waals surface area contributed by atoms with E-state index in [0.29, 0.717) is 5.41 Å². The molecule has 0 amide bonds. The van der Waals surface area contributed by atoms with E-state index >= 15 is 0 Å². The maximum absolute atomic E-state index is 5.68. The maximum atomic E-state index is 5.68. The van der Waals surface area contributed by atoms with Crippen LogP contribution in [0.15, 0.2) is 0 Å². The van der Waals surface area contributed by atoms with Crippen molar-refractivity contribution in [3.8, 4) is 0 Å². The van der Waals surface area contributed by atoms with Crippen LogP contribution in [0.3, 0.4) is 0 Å². The van der Waals surface area contributed by atoms with Crippen LogP contribution in [0.5, 0.6) is 0 Å². The molecule has 92 valence electrons. The highest BCUT2D eigenvalue weighted by molar-refractivity contribution is 9.09. The van der Waals surface area contributed by atoms with Crippen molar-refractivity contribution < 1.29 is 4.74 Å². The summed E-state index contributed by atoms with van der Waals surface area (Å²) in [5.74, 6) is 0.753. The average molecular weight is 279 g/mol. The Balaban J connectivity index is 3.63. The van der Waals surface area contributed by atoms with Crippen LogP contribution in [0, 0.1) is 11.3 Å². The van der Waals surface area contributed by atoms with Gasteiger partial charge in [-0.1, -0.05) is 43.6 Å². The van der Waals surface area contributed by atoms with Gasteiger partial charge in [0.05, 0.1) is 0 Å². The highest BCUT2D eigenvalue weighted by atomic mass is 79.9. The average Bonchev–Trinajstić information content (AvgIpc) is 2.24.